The Hall–Kier alpha value is -2.05. The zero-order valence-corrected chi connectivity index (χ0v) is 14.0. The molecular formula is C18H25N3O3. The van der Waals surface area contributed by atoms with E-state index in [1.165, 1.54) is 19.3 Å². The number of aliphatic hydroxyl groups is 1. The highest BCUT2D eigenvalue weighted by molar-refractivity contribution is 5.98. The molecule has 6 nitrogen and oxygen atoms in total. The number of H-pyrrole nitrogens is 1. The number of hydrogen-bond donors (Lipinski definition) is 3. The Labute approximate surface area is 141 Å². The predicted octanol–water partition coefficient (Wildman–Crippen LogP) is 1.88. The summed E-state index contributed by atoms with van der Waals surface area (Å²) in [5, 5.41) is 11.1. The second-order valence-electron chi connectivity index (χ2n) is 6.57. The number of β-amino-alcohol motifs (C(OH)–C–C–N with tert-alkyl or cyclic N) is 1. The summed E-state index contributed by atoms with van der Waals surface area (Å²) in [6.07, 6.45) is 3.10. The summed E-state index contributed by atoms with van der Waals surface area (Å²) in [6, 6.07) is 7.74. The smallest absolute Gasteiger partial charge is 0.265 e. The van der Waals surface area contributed by atoms with Crippen LogP contribution >= 0.6 is 0 Å². The number of fused-ring (bicyclic) bond motifs is 1. The van der Waals surface area contributed by atoms with Crippen molar-refractivity contribution in [1.29, 1.82) is 0 Å². The number of aromatic nitrogens is 1. The average molecular weight is 331 g/mol. The Bertz CT molecular complexity index is 713. The number of amides is 1. The molecule has 2 heterocycles. The van der Waals surface area contributed by atoms with Crippen LogP contribution in [0.3, 0.4) is 0 Å². The van der Waals surface area contributed by atoms with Crippen molar-refractivity contribution in [2.75, 3.05) is 19.7 Å². The fraction of sp³-hybridized carbons (Fsp3) is 0.500. The molecule has 0 radical (unpaired) electrons. The summed E-state index contributed by atoms with van der Waals surface area (Å²) < 4.78 is 5.80. The summed E-state index contributed by atoms with van der Waals surface area (Å²) in [5.41, 5.74) is 6.45. The maximum absolute atomic E-state index is 11.3. The van der Waals surface area contributed by atoms with Crippen LogP contribution in [0.2, 0.25) is 0 Å². The third-order valence-corrected chi connectivity index (χ3v) is 4.71. The molecule has 1 aliphatic rings. The lowest BCUT2D eigenvalue weighted by molar-refractivity contribution is 0.0441. The molecule has 0 spiro atoms. The van der Waals surface area contributed by atoms with Crippen molar-refractivity contribution in [1.82, 2.24) is 9.88 Å². The van der Waals surface area contributed by atoms with Gasteiger partial charge in [0.15, 0.2) is 0 Å². The van der Waals surface area contributed by atoms with Gasteiger partial charge in [-0.25, -0.2) is 0 Å². The van der Waals surface area contributed by atoms with Gasteiger partial charge in [-0.3, -0.25) is 9.69 Å². The number of carbonyl (C=O) groups is 1. The van der Waals surface area contributed by atoms with E-state index >= 15 is 0 Å². The van der Waals surface area contributed by atoms with Crippen LogP contribution in [0.5, 0.6) is 5.75 Å². The molecule has 0 saturated carbocycles. The normalized spacial score (nSPS) is 20.2. The van der Waals surface area contributed by atoms with Crippen LogP contribution in [0, 0.1) is 0 Å². The van der Waals surface area contributed by atoms with Crippen LogP contribution < -0.4 is 10.5 Å². The number of carbonyl (C=O) groups excluding carboxylic acids is 1. The van der Waals surface area contributed by atoms with Crippen LogP contribution in [0.25, 0.3) is 10.9 Å². The van der Waals surface area contributed by atoms with E-state index in [4.69, 9.17) is 10.5 Å². The van der Waals surface area contributed by atoms with Gasteiger partial charge in [0.1, 0.15) is 24.2 Å². The molecule has 0 aliphatic carbocycles. The predicted molar refractivity (Wildman–Crippen MR) is 93.2 cm³/mol. The van der Waals surface area contributed by atoms with Crippen molar-refractivity contribution in [3.05, 3.63) is 30.0 Å². The third kappa shape index (κ3) is 3.71. The molecule has 3 rings (SSSR count). The quantitative estimate of drug-likeness (QED) is 0.754. The lowest BCUT2D eigenvalue weighted by atomic mass is 10.0. The zero-order chi connectivity index (χ0) is 17.1. The van der Waals surface area contributed by atoms with E-state index in [0.29, 0.717) is 24.0 Å². The molecule has 1 aromatic heterocycles. The lowest BCUT2D eigenvalue weighted by Crippen LogP contribution is -2.43. The number of rotatable bonds is 6. The van der Waals surface area contributed by atoms with Gasteiger partial charge in [0, 0.05) is 23.5 Å². The van der Waals surface area contributed by atoms with Crippen molar-refractivity contribution in [3.8, 4) is 5.75 Å². The van der Waals surface area contributed by atoms with Gasteiger partial charge in [0.2, 0.25) is 0 Å². The highest BCUT2D eigenvalue weighted by Crippen LogP contribution is 2.26. The SMILES string of the molecule is C[C@H]1CCCCN1CC(O)COc1cccc2[nH]c(C(N)=O)cc12. The first-order valence-electron chi connectivity index (χ1n) is 8.51. The minimum Gasteiger partial charge on any atom is -0.490 e. The number of nitrogens with zero attached hydrogens (tertiary/aromatic N) is 1. The fourth-order valence-electron chi connectivity index (χ4n) is 3.32. The Balaban J connectivity index is 1.63. The van der Waals surface area contributed by atoms with Crippen molar-refractivity contribution in [3.63, 3.8) is 0 Å². The molecule has 6 heteroatoms. The minimum absolute atomic E-state index is 0.222. The number of piperidine rings is 1. The van der Waals surface area contributed by atoms with Crippen molar-refractivity contribution in [2.24, 2.45) is 5.73 Å². The number of nitrogens with two attached hydrogens (primary N) is 1. The molecule has 2 aromatic rings. The van der Waals surface area contributed by atoms with Gasteiger partial charge in [0.05, 0.1) is 0 Å². The van der Waals surface area contributed by atoms with Gasteiger partial charge in [0.25, 0.3) is 5.91 Å². The van der Waals surface area contributed by atoms with Gasteiger partial charge in [-0.1, -0.05) is 12.5 Å². The van der Waals surface area contributed by atoms with Crippen LogP contribution in [-0.2, 0) is 0 Å². The molecule has 1 amide bonds. The Morgan fingerprint density at radius 1 is 1.50 bits per heavy atom. The number of likely N-dealkylation sites (tertiary alicyclic amines) is 1. The summed E-state index contributed by atoms with van der Waals surface area (Å²) in [7, 11) is 0. The van der Waals surface area contributed by atoms with E-state index in [-0.39, 0.29) is 6.61 Å². The van der Waals surface area contributed by atoms with E-state index in [0.717, 1.165) is 17.4 Å². The molecule has 1 unspecified atom stereocenters. The van der Waals surface area contributed by atoms with E-state index < -0.39 is 12.0 Å². The van der Waals surface area contributed by atoms with Crippen LogP contribution in [0.1, 0.15) is 36.7 Å². The molecule has 1 fully saturated rings. The Kier molecular flexibility index (Phi) is 5.06. The number of nitrogens with one attached hydrogen (secondary N) is 1. The molecule has 1 saturated heterocycles. The summed E-state index contributed by atoms with van der Waals surface area (Å²) in [6.45, 7) is 4.09. The van der Waals surface area contributed by atoms with E-state index in [9.17, 15) is 9.90 Å². The molecule has 24 heavy (non-hydrogen) atoms. The molecule has 1 aliphatic heterocycles. The first-order chi connectivity index (χ1) is 11.5. The average Bonchev–Trinajstić information content (AvgIpc) is 3.00. The van der Waals surface area contributed by atoms with E-state index in [1.807, 2.05) is 18.2 Å². The Morgan fingerprint density at radius 3 is 3.08 bits per heavy atom. The maximum Gasteiger partial charge on any atom is 0.265 e. The molecule has 0 bridgehead atoms. The first kappa shape index (κ1) is 16.8. The summed E-state index contributed by atoms with van der Waals surface area (Å²) in [5.74, 6) is 0.137. The van der Waals surface area contributed by atoms with Crippen molar-refractivity contribution < 1.29 is 14.6 Å². The number of aromatic amines is 1. The summed E-state index contributed by atoms with van der Waals surface area (Å²) in [4.78, 5) is 16.6. The van der Waals surface area contributed by atoms with E-state index in [2.05, 4.69) is 16.8 Å². The lowest BCUT2D eigenvalue weighted by Gasteiger charge is -2.34. The van der Waals surface area contributed by atoms with Crippen molar-refractivity contribution in [2.45, 2.75) is 38.3 Å². The molecule has 130 valence electrons. The zero-order valence-electron chi connectivity index (χ0n) is 14.0. The number of benzene rings is 1. The van der Waals surface area contributed by atoms with Gasteiger partial charge in [-0.2, -0.15) is 0 Å². The highest BCUT2D eigenvalue weighted by atomic mass is 16.5. The monoisotopic (exact) mass is 331 g/mol. The molecular weight excluding hydrogens is 306 g/mol. The van der Waals surface area contributed by atoms with Gasteiger partial charge >= 0.3 is 0 Å². The molecule has 2 atom stereocenters. The standard InChI is InChI=1S/C18H25N3O3/c1-12-5-2-3-8-21(12)10-13(22)11-24-17-7-4-6-15-14(17)9-16(20-15)18(19)23/h4,6-7,9,12-13,20,22H,2-3,5,8,10-11H2,1H3,(H2,19,23)/t12-,13?/m0/s1. The number of hydrogen-bond acceptors (Lipinski definition) is 4. The van der Waals surface area contributed by atoms with E-state index in [1.54, 1.807) is 6.07 Å². The second-order valence-corrected chi connectivity index (χ2v) is 6.57. The van der Waals surface area contributed by atoms with Gasteiger partial charge in [-0.05, 0) is 44.5 Å². The molecule has 4 N–H and O–H groups in total. The Morgan fingerprint density at radius 2 is 2.33 bits per heavy atom. The topological polar surface area (TPSA) is 91.6 Å². The third-order valence-electron chi connectivity index (χ3n) is 4.71. The fourth-order valence-corrected chi connectivity index (χ4v) is 3.32. The minimum atomic E-state index is -0.546. The number of aliphatic hydroxyl groups excluding tert-OH is 1. The van der Waals surface area contributed by atoms with Crippen molar-refractivity contribution >= 4 is 16.8 Å². The number of ether oxygens (including phenoxy) is 1. The summed E-state index contributed by atoms with van der Waals surface area (Å²) >= 11 is 0. The first-order valence-corrected chi connectivity index (χ1v) is 8.51. The number of primary amides is 1. The van der Waals surface area contributed by atoms with Crippen LogP contribution in [0.15, 0.2) is 24.3 Å². The van der Waals surface area contributed by atoms with Gasteiger partial charge in [-0.15, -0.1) is 0 Å². The van der Waals surface area contributed by atoms with Gasteiger partial charge < -0.3 is 20.6 Å². The largest absolute Gasteiger partial charge is 0.490 e. The van der Waals surface area contributed by atoms with Crippen LogP contribution in [0.4, 0.5) is 0 Å². The maximum atomic E-state index is 11.3. The molecule has 1 aromatic carbocycles. The highest BCUT2D eigenvalue weighted by Gasteiger charge is 2.21. The van der Waals surface area contributed by atoms with Crippen LogP contribution in [-0.4, -0.2) is 52.7 Å². The second kappa shape index (κ2) is 7.23.